The highest BCUT2D eigenvalue weighted by Crippen LogP contribution is 2.38. The average molecular weight is 333 g/mol. The fourth-order valence-electron chi connectivity index (χ4n) is 3.71. The van der Waals surface area contributed by atoms with Gasteiger partial charge >= 0.3 is 6.03 Å². The standard InChI is InChI=1S/C18H27N3O3/c1-24-16-9-13(10-19-11-16)17(12-7-15(22)8-12)21-18(23)20-14-5-3-2-4-6-14/h9-12,14-15,17,22H,2-8H2,1H3,(H2,20,21,23)/t12?,15?,17-/m1/s1. The first kappa shape index (κ1) is 17.0. The van der Waals surface area contributed by atoms with Crippen LogP contribution in [0, 0.1) is 5.92 Å². The van der Waals surface area contributed by atoms with Crippen LogP contribution in [0.25, 0.3) is 0 Å². The predicted octanol–water partition coefficient (Wildman–Crippen LogP) is 2.53. The Balaban J connectivity index is 1.66. The van der Waals surface area contributed by atoms with Gasteiger partial charge in [0, 0.05) is 12.2 Å². The van der Waals surface area contributed by atoms with Gasteiger partial charge in [0.2, 0.25) is 0 Å². The molecule has 0 saturated heterocycles. The molecule has 0 aromatic carbocycles. The summed E-state index contributed by atoms with van der Waals surface area (Å²) in [5, 5.41) is 15.8. The Morgan fingerprint density at radius 2 is 2.04 bits per heavy atom. The van der Waals surface area contributed by atoms with Crippen molar-refractivity contribution in [2.24, 2.45) is 5.92 Å². The highest BCUT2D eigenvalue weighted by molar-refractivity contribution is 5.74. The van der Waals surface area contributed by atoms with E-state index in [-0.39, 0.29) is 30.1 Å². The summed E-state index contributed by atoms with van der Waals surface area (Å²) in [5.41, 5.74) is 0.921. The number of amides is 2. The second kappa shape index (κ2) is 7.83. The van der Waals surface area contributed by atoms with E-state index in [1.165, 1.54) is 19.3 Å². The minimum Gasteiger partial charge on any atom is -0.495 e. The maximum Gasteiger partial charge on any atom is 0.315 e. The van der Waals surface area contributed by atoms with E-state index in [0.29, 0.717) is 18.6 Å². The number of ether oxygens (including phenoxy) is 1. The van der Waals surface area contributed by atoms with E-state index in [0.717, 1.165) is 18.4 Å². The van der Waals surface area contributed by atoms with E-state index in [4.69, 9.17) is 4.74 Å². The lowest BCUT2D eigenvalue weighted by molar-refractivity contribution is 0.0257. The molecule has 0 unspecified atom stereocenters. The van der Waals surface area contributed by atoms with Gasteiger partial charge in [-0.2, -0.15) is 0 Å². The third-order valence-corrected chi connectivity index (χ3v) is 5.18. The Morgan fingerprint density at radius 1 is 1.29 bits per heavy atom. The van der Waals surface area contributed by atoms with Gasteiger partial charge in [0.15, 0.2) is 0 Å². The molecule has 24 heavy (non-hydrogen) atoms. The van der Waals surface area contributed by atoms with Crippen LogP contribution in [-0.2, 0) is 0 Å². The van der Waals surface area contributed by atoms with E-state index in [9.17, 15) is 9.90 Å². The van der Waals surface area contributed by atoms with Crippen molar-refractivity contribution in [3.05, 3.63) is 24.0 Å². The minimum atomic E-state index is -0.265. The molecule has 132 valence electrons. The van der Waals surface area contributed by atoms with Gasteiger partial charge in [-0.3, -0.25) is 4.98 Å². The lowest BCUT2D eigenvalue weighted by atomic mass is 9.75. The molecule has 3 rings (SSSR count). The SMILES string of the molecule is COc1cncc([C@H](NC(=O)NC2CCCCC2)C2CC(O)C2)c1. The molecular weight excluding hydrogens is 306 g/mol. The van der Waals surface area contributed by atoms with Crippen molar-refractivity contribution in [3.8, 4) is 5.75 Å². The van der Waals surface area contributed by atoms with Crippen LogP contribution in [0.1, 0.15) is 56.6 Å². The monoisotopic (exact) mass is 333 g/mol. The van der Waals surface area contributed by atoms with E-state index in [1.54, 1.807) is 19.5 Å². The number of pyridine rings is 1. The minimum absolute atomic E-state index is 0.129. The van der Waals surface area contributed by atoms with E-state index >= 15 is 0 Å². The zero-order chi connectivity index (χ0) is 16.9. The molecule has 2 aliphatic carbocycles. The van der Waals surface area contributed by atoms with Gasteiger partial charge < -0.3 is 20.5 Å². The van der Waals surface area contributed by atoms with E-state index in [2.05, 4.69) is 15.6 Å². The molecule has 0 spiro atoms. The highest BCUT2D eigenvalue weighted by atomic mass is 16.5. The summed E-state index contributed by atoms with van der Waals surface area (Å²) in [4.78, 5) is 16.6. The van der Waals surface area contributed by atoms with Gasteiger partial charge in [0.25, 0.3) is 0 Å². The van der Waals surface area contributed by atoms with Crippen molar-refractivity contribution in [1.82, 2.24) is 15.6 Å². The molecule has 2 amide bonds. The maximum absolute atomic E-state index is 12.4. The average Bonchev–Trinajstić information content (AvgIpc) is 2.58. The third-order valence-electron chi connectivity index (χ3n) is 5.18. The lowest BCUT2D eigenvalue weighted by Gasteiger charge is -2.38. The topological polar surface area (TPSA) is 83.5 Å². The van der Waals surface area contributed by atoms with Crippen molar-refractivity contribution in [2.45, 2.75) is 63.1 Å². The van der Waals surface area contributed by atoms with Crippen LogP contribution in [0.3, 0.4) is 0 Å². The summed E-state index contributed by atoms with van der Waals surface area (Å²) in [7, 11) is 1.60. The van der Waals surface area contributed by atoms with Gasteiger partial charge in [-0.1, -0.05) is 19.3 Å². The van der Waals surface area contributed by atoms with Gasteiger partial charge in [0.05, 0.1) is 25.5 Å². The van der Waals surface area contributed by atoms with Crippen molar-refractivity contribution >= 4 is 6.03 Å². The molecule has 2 fully saturated rings. The van der Waals surface area contributed by atoms with Gasteiger partial charge in [-0.25, -0.2) is 4.79 Å². The zero-order valence-corrected chi connectivity index (χ0v) is 14.2. The van der Waals surface area contributed by atoms with Gasteiger partial charge in [0.1, 0.15) is 5.75 Å². The maximum atomic E-state index is 12.4. The number of hydrogen-bond donors (Lipinski definition) is 3. The summed E-state index contributed by atoms with van der Waals surface area (Å²) in [6.45, 7) is 0. The van der Waals surface area contributed by atoms with Gasteiger partial charge in [-0.15, -0.1) is 0 Å². The fraction of sp³-hybridized carbons (Fsp3) is 0.667. The number of rotatable bonds is 5. The molecule has 1 aromatic heterocycles. The van der Waals surface area contributed by atoms with Crippen molar-refractivity contribution in [1.29, 1.82) is 0 Å². The molecular formula is C18H27N3O3. The number of carbonyl (C=O) groups is 1. The van der Waals surface area contributed by atoms with Crippen LogP contribution in [0.5, 0.6) is 5.75 Å². The molecule has 6 nitrogen and oxygen atoms in total. The number of aliphatic hydroxyl groups excluding tert-OH is 1. The summed E-state index contributed by atoms with van der Waals surface area (Å²) in [6.07, 6.45) is 10.3. The van der Waals surface area contributed by atoms with Crippen LogP contribution in [0.15, 0.2) is 18.5 Å². The molecule has 2 aliphatic rings. The number of carbonyl (C=O) groups excluding carboxylic acids is 1. The van der Waals surface area contributed by atoms with Crippen LogP contribution in [0.4, 0.5) is 4.79 Å². The Bertz CT molecular complexity index is 554. The number of methoxy groups -OCH3 is 1. The molecule has 6 heteroatoms. The summed E-state index contributed by atoms with van der Waals surface area (Å²) >= 11 is 0. The van der Waals surface area contributed by atoms with E-state index < -0.39 is 0 Å². The Morgan fingerprint density at radius 3 is 2.71 bits per heavy atom. The molecule has 2 saturated carbocycles. The molecule has 1 heterocycles. The number of nitrogens with zero attached hydrogens (tertiary/aromatic N) is 1. The largest absolute Gasteiger partial charge is 0.495 e. The Labute approximate surface area is 143 Å². The molecule has 0 bridgehead atoms. The summed E-state index contributed by atoms with van der Waals surface area (Å²) < 4.78 is 5.24. The number of urea groups is 1. The van der Waals surface area contributed by atoms with Crippen LogP contribution in [-0.4, -0.2) is 35.4 Å². The number of aromatic nitrogens is 1. The predicted molar refractivity (Wildman–Crippen MR) is 90.8 cm³/mol. The van der Waals surface area contributed by atoms with Crippen molar-refractivity contribution in [2.75, 3.05) is 7.11 Å². The smallest absolute Gasteiger partial charge is 0.315 e. The summed E-state index contributed by atoms with van der Waals surface area (Å²) in [6, 6.07) is 1.90. The quantitative estimate of drug-likeness (QED) is 0.773. The highest BCUT2D eigenvalue weighted by Gasteiger charge is 2.36. The first-order valence-electron chi connectivity index (χ1n) is 8.89. The second-order valence-corrected chi connectivity index (χ2v) is 6.97. The third kappa shape index (κ3) is 4.17. The Hall–Kier alpha value is -1.82. The van der Waals surface area contributed by atoms with Crippen LogP contribution >= 0.6 is 0 Å². The Kier molecular flexibility index (Phi) is 5.56. The number of hydrogen-bond acceptors (Lipinski definition) is 4. The van der Waals surface area contributed by atoms with Crippen molar-refractivity contribution < 1.29 is 14.6 Å². The van der Waals surface area contributed by atoms with Crippen LogP contribution < -0.4 is 15.4 Å². The second-order valence-electron chi connectivity index (χ2n) is 6.97. The first-order valence-corrected chi connectivity index (χ1v) is 8.89. The fourth-order valence-corrected chi connectivity index (χ4v) is 3.71. The first-order chi connectivity index (χ1) is 11.7. The number of aliphatic hydroxyl groups is 1. The van der Waals surface area contributed by atoms with Crippen LogP contribution in [0.2, 0.25) is 0 Å². The molecule has 0 radical (unpaired) electrons. The number of nitrogens with one attached hydrogen (secondary N) is 2. The lowest BCUT2D eigenvalue weighted by Crippen LogP contribution is -2.48. The normalized spacial score (nSPS) is 25.4. The van der Waals surface area contributed by atoms with Gasteiger partial charge in [-0.05, 0) is 43.2 Å². The van der Waals surface area contributed by atoms with Crippen molar-refractivity contribution in [3.63, 3.8) is 0 Å². The summed E-state index contributed by atoms with van der Waals surface area (Å²) in [5.74, 6) is 0.901. The molecule has 3 N–H and O–H groups in total. The zero-order valence-electron chi connectivity index (χ0n) is 14.2. The van der Waals surface area contributed by atoms with E-state index in [1.807, 2.05) is 6.07 Å². The molecule has 1 atom stereocenters. The molecule has 0 aliphatic heterocycles. The molecule has 1 aromatic rings.